The first-order valence-corrected chi connectivity index (χ1v) is 9.96. The van der Waals surface area contributed by atoms with Gasteiger partial charge in [-0.1, -0.05) is 41.1 Å². The number of carbonyl (C=O) groups is 1. The van der Waals surface area contributed by atoms with E-state index >= 15 is 0 Å². The van der Waals surface area contributed by atoms with Crippen molar-refractivity contribution >= 4 is 21.8 Å². The Balaban J connectivity index is 1.54. The zero-order chi connectivity index (χ0) is 19.2. The maximum Gasteiger partial charge on any atom is 0.234 e. The summed E-state index contributed by atoms with van der Waals surface area (Å²) in [7, 11) is 1.94. The summed E-state index contributed by atoms with van der Waals surface area (Å²) in [6.07, 6.45) is 0.846. The van der Waals surface area contributed by atoms with Gasteiger partial charge in [-0.15, -0.1) is 0 Å². The number of halogens is 1. The predicted molar refractivity (Wildman–Crippen MR) is 109 cm³/mol. The highest BCUT2D eigenvalue weighted by atomic mass is 79.9. The summed E-state index contributed by atoms with van der Waals surface area (Å²) in [6.45, 7) is 4.24. The van der Waals surface area contributed by atoms with E-state index in [0.717, 1.165) is 33.5 Å². The Morgan fingerprint density at radius 3 is 2.56 bits per heavy atom. The van der Waals surface area contributed by atoms with Gasteiger partial charge in [-0.2, -0.15) is 0 Å². The highest BCUT2D eigenvalue weighted by Gasteiger charge is 2.16. The van der Waals surface area contributed by atoms with Gasteiger partial charge in [0.05, 0.1) is 12.6 Å². The summed E-state index contributed by atoms with van der Waals surface area (Å²) in [5.74, 6) is 1.58. The zero-order valence-electron chi connectivity index (χ0n) is 15.7. The summed E-state index contributed by atoms with van der Waals surface area (Å²) >= 11 is 3.44. The lowest BCUT2D eigenvalue weighted by molar-refractivity contribution is -0.122. The molecule has 0 saturated carbocycles. The summed E-state index contributed by atoms with van der Waals surface area (Å²) < 4.78 is 12.2. The molecule has 1 heterocycles. The molecule has 1 N–H and O–H groups in total. The van der Waals surface area contributed by atoms with E-state index in [0.29, 0.717) is 26.3 Å². The van der Waals surface area contributed by atoms with Crippen molar-refractivity contribution in [3.63, 3.8) is 0 Å². The molecular weight excluding hydrogens is 408 g/mol. The van der Waals surface area contributed by atoms with E-state index in [1.54, 1.807) is 0 Å². The van der Waals surface area contributed by atoms with Crippen LogP contribution < -0.4 is 14.8 Å². The summed E-state index contributed by atoms with van der Waals surface area (Å²) in [4.78, 5) is 14.5. The molecule has 0 aliphatic carbocycles. The van der Waals surface area contributed by atoms with Gasteiger partial charge in [0.15, 0.2) is 11.5 Å². The van der Waals surface area contributed by atoms with Crippen molar-refractivity contribution < 1.29 is 14.3 Å². The number of amides is 1. The molecule has 2 aromatic carbocycles. The second kappa shape index (κ2) is 9.24. The fraction of sp³-hybridized carbons (Fsp3) is 0.381. The van der Waals surface area contributed by atoms with Crippen molar-refractivity contribution in [3.05, 3.63) is 58.1 Å². The second-order valence-electron chi connectivity index (χ2n) is 6.73. The largest absolute Gasteiger partial charge is 0.486 e. The molecule has 27 heavy (non-hydrogen) atoms. The third kappa shape index (κ3) is 5.47. The molecule has 0 radical (unpaired) electrons. The Bertz CT molecular complexity index is 779. The standard InChI is InChI=1S/C21H25BrN2O3/c1-3-18(16-5-7-17(22)8-6-16)23-21(25)14-24(2)13-15-4-9-19-20(12-15)27-11-10-26-19/h4-9,12,18H,3,10-11,13-14H2,1-2H3,(H,23,25)/t18-/m0/s1. The Hall–Kier alpha value is -2.05. The number of fused-ring (bicyclic) bond motifs is 1. The van der Waals surface area contributed by atoms with Gasteiger partial charge in [0, 0.05) is 11.0 Å². The molecule has 0 aromatic heterocycles. The average Bonchev–Trinajstić information content (AvgIpc) is 2.66. The smallest absolute Gasteiger partial charge is 0.234 e. The zero-order valence-corrected chi connectivity index (χ0v) is 17.3. The maximum atomic E-state index is 12.5. The van der Waals surface area contributed by atoms with Crippen LogP contribution in [0.5, 0.6) is 11.5 Å². The average molecular weight is 433 g/mol. The van der Waals surface area contributed by atoms with Crippen LogP contribution in [-0.4, -0.2) is 37.6 Å². The molecule has 0 spiro atoms. The molecule has 1 aliphatic heterocycles. The number of ether oxygens (including phenoxy) is 2. The predicted octanol–water partition coefficient (Wildman–Crippen LogP) is 3.92. The number of hydrogen-bond donors (Lipinski definition) is 1. The second-order valence-corrected chi connectivity index (χ2v) is 7.65. The fourth-order valence-electron chi connectivity index (χ4n) is 3.16. The summed E-state index contributed by atoms with van der Waals surface area (Å²) in [6, 6.07) is 14.0. The minimum Gasteiger partial charge on any atom is -0.486 e. The maximum absolute atomic E-state index is 12.5. The summed E-state index contributed by atoms with van der Waals surface area (Å²) in [5.41, 5.74) is 2.21. The van der Waals surface area contributed by atoms with E-state index < -0.39 is 0 Å². The molecule has 0 unspecified atom stereocenters. The van der Waals surface area contributed by atoms with E-state index in [9.17, 15) is 4.79 Å². The normalized spacial score (nSPS) is 14.1. The number of rotatable bonds is 7. The molecule has 3 rings (SSSR count). The highest BCUT2D eigenvalue weighted by molar-refractivity contribution is 9.10. The number of hydrogen-bond acceptors (Lipinski definition) is 4. The minimum atomic E-state index is 0.0183. The van der Waals surface area contributed by atoms with Gasteiger partial charge >= 0.3 is 0 Å². The quantitative estimate of drug-likeness (QED) is 0.719. The third-order valence-electron chi connectivity index (χ3n) is 4.49. The Morgan fingerprint density at radius 2 is 1.85 bits per heavy atom. The van der Waals surface area contributed by atoms with Gasteiger partial charge < -0.3 is 14.8 Å². The van der Waals surface area contributed by atoms with E-state index in [2.05, 4.69) is 28.2 Å². The van der Waals surface area contributed by atoms with Crippen molar-refractivity contribution in [1.29, 1.82) is 0 Å². The number of benzene rings is 2. The van der Waals surface area contributed by atoms with Gasteiger partial charge in [-0.05, 0) is 48.9 Å². The first-order chi connectivity index (χ1) is 13.0. The van der Waals surface area contributed by atoms with Gasteiger partial charge in [-0.3, -0.25) is 9.69 Å². The van der Waals surface area contributed by atoms with E-state index in [1.165, 1.54) is 0 Å². The topological polar surface area (TPSA) is 50.8 Å². The molecule has 144 valence electrons. The third-order valence-corrected chi connectivity index (χ3v) is 5.02. The van der Waals surface area contributed by atoms with Crippen LogP contribution in [-0.2, 0) is 11.3 Å². The lowest BCUT2D eigenvalue weighted by atomic mass is 10.0. The van der Waals surface area contributed by atoms with Gasteiger partial charge in [0.1, 0.15) is 13.2 Å². The molecule has 5 nitrogen and oxygen atoms in total. The van der Waals surface area contributed by atoms with Crippen molar-refractivity contribution in [2.75, 3.05) is 26.8 Å². The summed E-state index contributed by atoms with van der Waals surface area (Å²) in [5, 5.41) is 3.13. The minimum absolute atomic E-state index is 0.0183. The SMILES string of the molecule is CC[C@H](NC(=O)CN(C)Cc1ccc2c(c1)OCCO2)c1ccc(Br)cc1. The molecule has 2 aromatic rings. The van der Waals surface area contributed by atoms with Crippen molar-refractivity contribution in [3.8, 4) is 11.5 Å². The van der Waals surface area contributed by atoms with Crippen molar-refractivity contribution in [2.24, 2.45) is 0 Å². The van der Waals surface area contributed by atoms with Crippen LogP contribution in [0.15, 0.2) is 46.9 Å². The van der Waals surface area contributed by atoms with Crippen LogP contribution in [0, 0.1) is 0 Å². The van der Waals surface area contributed by atoms with Crippen molar-refractivity contribution in [1.82, 2.24) is 10.2 Å². The first-order valence-electron chi connectivity index (χ1n) is 9.17. The molecular formula is C21H25BrN2O3. The Labute approximate surface area is 168 Å². The van der Waals surface area contributed by atoms with Gasteiger partial charge in [-0.25, -0.2) is 0 Å². The lowest BCUT2D eigenvalue weighted by Crippen LogP contribution is -2.36. The van der Waals surface area contributed by atoms with Gasteiger partial charge in [0.25, 0.3) is 0 Å². The van der Waals surface area contributed by atoms with Crippen LogP contribution in [0.1, 0.15) is 30.5 Å². The van der Waals surface area contributed by atoms with Crippen LogP contribution in [0.3, 0.4) is 0 Å². The number of carbonyl (C=O) groups excluding carboxylic acids is 1. The molecule has 1 aliphatic rings. The lowest BCUT2D eigenvalue weighted by Gasteiger charge is -2.22. The first kappa shape index (κ1) is 19.7. The molecule has 0 saturated heterocycles. The van der Waals surface area contributed by atoms with E-state index in [1.807, 2.05) is 54.4 Å². The van der Waals surface area contributed by atoms with Crippen LogP contribution in [0.25, 0.3) is 0 Å². The molecule has 1 atom stereocenters. The van der Waals surface area contributed by atoms with Crippen molar-refractivity contribution in [2.45, 2.75) is 25.9 Å². The molecule has 0 bridgehead atoms. The molecule has 0 fully saturated rings. The number of nitrogens with one attached hydrogen (secondary N) is 1. The van der Waals surface area contributed by atoms with Gasteiger partial charge in [0.2, 0.25) is 5.91 Å². The Morgan fingerprint density at radius 1 is 1.15 bits per heavy atom. The van der Waals surface area contributed by atoms with Crippen LogP contribution in [0.2, 0.25) is 0 Å². The van der Waals surface area contributed by atoms with Crippen LogP contribution >= 0.6 is 15.9 Å². The fourth-order valence-corrected chi connectivity index (χ4v) is 3.42. The number of nitrogens with zero attached hydrogens (tertiary/aromatic N) is 1. The molecule has 1 amide bonds. The van der Waals surface area contributed by atoms with E-state index in [4.69, 9.17) is 9.47 Å². The molecule has 6 heteroatoms. The van der Waals surface area contributed by atoms with Crippen LogP contribution in [0.4, 0.5) is 0 Å². The highest BCUT2D eigenvalue weighted by Crippen LogP contribution is 2.31. The monoisotopic (exact) mass is 432 g/mol. The number of likely N-dealkylation sites (N-methyl/N-ethyl adjacent to an activating group) is 1. The van der Waals surface area contributed by atoms with E-state index in [-0.39, 0.29) is 11.9 Å². The Kier molecular flexibility index (Phi) is 6.74.